The normalized spacial score (nSPS) is 12.2. The summed E-state index contributed by atoms with van der Waals surface area (Å²) >= 11 is 0. The van der Waals surface area contributed by atoms with Crippen LogP contribution in [0.4, 0.5) is 4.79 Å². The SMILES string of the molecule is CC(C)(C)C(=O)/C=C(\[O-])C(C)(C)C.CC(C)(C)C(=O)/C=C(\[O-])C(C)(C)C.COC(=O)[O-].COc1cccc(C=NCC(C)(C)CN=Cc2cccc(OC)c2[O-])c1[O-].[La+3].[Zn+2]. The van der Waals surface area contributed by atoms with E-state index in [0.717, 1.165) is 7.11 Å². The molecule has 0 spiro atoms. The molecule has 2 rings (SSSR count). The van der Waals surface area contributed by atoms with Crippen molar-refractivity contribution in [3.63, 3.8) is 0 Å². The van der Waals surface area contributed by atoms with Gasteiger partial charge in [0.25, 0.3) is 6.16 Å². The van der Waals surface area contributed by atoms with Gasteiger partial charge in [-0.2, -0.15) is 0 Å². The second kappa shape index (κ2) is 28.2. The predicted molar refractivity (Wildman–Crippen MR) is 220 cm³/mol. The molecule has 0 heterocycles. The smallest absolute Gasteiger partial charge is 0.875 e. The van der Waals surface area contributed by atoms with Gasteiger partial charge in [0.1, 0.15) is 11.5 Å². The number of rotatable bonds is 10. The van der Waals surface area contributed by atoms with Gasteiger partial charge in [-0.25, -0.2) is 0 Å². The van der Waals surface area contributed by atoms with Crippen LogP contribution in [0.2, 0.25) is 0 Å². The van der Waals surface area contributed by atoms with Gasteiger partial charge in [0, 0.05) is 48.9 Å². The van der Waals surface area contributed by atoms with Crippen molar-refractivity contribution < 1.29 is 109 Å². The van der Waals surface area contributed by atoms with Crippen molar-refractivity contribution in [2.45, 2.75) is 96.9 Å². The Hall–Kier alpha value is -3.51. The number of carbonyl (C=O) groups excluding carboxylic acids is 3. The Morgan fingerprint density at radius 1 is 0.567 bits per heavy atom. The maximum Gasteiger partial charge on any atom is 3.00 e. The number of allylic oxidation sites excluding steroid dienone is 4. The van der Waals surface area contributed by atoms with E-state index in [1.165, 1.54) is 26.4 Å². The Morgan fingerprint density at radius 3 is 1.07 bits per heavy atom. The van der Waals surface area contributed by atoms with E-state index in [4.69, 9.17) is 19.4 Å². The maximum atomic E-state index is 12.1. The number of benzene rings is 2. The number of hydrogen-bond donors (Lipinski definition) is 0. The average Bonchev–Trinajstić information content (AvgIpc) is 3.08. The van der Waals surface area contributed by atoms with Gasteiger partial charge in [0.2, 0.25) is 0 Å². The summed E-state index contributed by atoms with van der Waals surface area (Å²) in [4.78, 5) is 40.7. The van der Waals surface area contributed by atoms with Crippen molar-refractivity contribution in [2.24, 2.45) is 37.1 Å². The molecule has 0 bridgehead atoms. The third-order valence-corrected chi connectivity index (χ3v) is 7.61. The van der Waals surface area contributed by atoms with Crippen LogP contribution < -0.4 is 35.0 Å². The molecule has 0 aromatic heterocycles. The Kier molecular flexibility index (Phi) is 29.6. The number of carbonyl (C=O) groups is 3. The topological polar surface area (TPSA) is 219 Å². The van der Waals surface area contributed by atoms with E-state index in [9.17, 15) is 30.0 Å². The molecule has 0 N–H and O–H groups in total. The van der Waals surface area contributed by atoms with E-state index < -0.39 is 27.8 Å². The molecule has 2 aromatic rings. The van der Waals surface area contributed by atoms with Crippen molar-refractivity contribution in [1.29, 1.82) is 0 Å². The van der Waals surface area contributed by atoms with Gasteiger partial charge in [-0.3, -0.25) is 19.6 Å². The molecule has 0 radical (unpaired) electrons. The fourth-order valence-corrected chi connectivity index (χ4v) is 3.53. The standard InChI is InChI=1S/C21H26N2O4.2C11H20O2.C2H4O3.La.Zn/c1-21(2,13-22-11-15-7-5-9-17(26-3)19(15)24)14-23-12-16-8-6-10-18(27-4)20(16)25;2*1-10(2,3)8(12)7-9(13)11(4,5)6;1-5-2(3)4;;/h5-12,24-25H,13-14H2,1-4H3;2*7,12H,1-6H3;1H3,(H,3,4);;/q;;;;+3;+2/p-5/b;2*8-7-;;;. The Balaban J connectivity index is -0.000000401. The van der Waals surface area contributed by atoms with Crippen LogP contribution in [0, 0.1) is 62.7 Å². The molecule has 0 saturated heterocycles. The molecule has 0 unspecified atom stereocenters. The van der Waals surface area contributed by atoms with Gasteiger partial charge in [0.05, 0.1) is 14.2 Å². The number of para-hydroxylation sites is 2. The second-order valence-electron chi connectivity index (χ2n) is 18.1. The minimum atomic E-state index is -1.50. The first-order valence-corrected chi connectivity index (χ1v) is 18.5. The van der Waals surface area contributed by atoms with E-state index in [1.54, 1.807) is 48.8 Å². The van der Waals surface area contributed by atoms with Gasteiger partial charge in [0.15, 0.2) is 11.6 Å². The van der Waals surface area contributed by atoms with E-state index in [1.807, 2.05) is 96.9 Å². The maximum absolute atomic E-state index is 12.1. The molecule has 0 fully saturated rings. The first kappa shape index (κ1) is 63.1. The first-order valence-electron chi connectivity index (χ1n) is 18.5. The van der Waals surface area contributed by atoms with Crippen LogP contribution in [-0.4, -0.2) is 64.6 Å². The number of carboxylic acid groups (broad SMARTS) is 1. The second-order valence-corrected chi connectivity index (χ2v) is 18.1. The Labute approximate surface area is 399 Å². The van der Waals surface area contributed by atoms with Gasteiger partial charge < -0.3 is 44.5 Å². The molecule has 0 atom stereocenters. The fourth-order valence-electron chi connectivity index (χ4n) is 3.53. The van der Waals surface area contributed by atoms with Crippen LogP contribution in [0.1, 0.15) is 108 Å². The quantitative estimate of drug-likeness (QED) is 0.0994. The van der Waals surface area contributed by atoms with Crippen molar-refractivity contribution >= 4 is 30.2 Å². The van der Waals surface area contributed by atoms with E-state index in [0.29, 0.717) is 35.7 Å². The minimum Gasteiger partial charge on any atom is -0.875 e. The molecule has 0 saturated carbocycles. The summed E-state index contributed by atoms with van der Waals surface area (Å²) < 4.78 is 13.6. The Morgan fingerprint density at radius 2 is 0.850 bits per heavy atom. The van der Waals surface area contributed by atoms with E-state index >= 15 is 0 Å². The zero-order chi connectivity index (χ0) is 45.9. The van der Waals surface area contributed by atoms with Crippen LogP contribution >= 0.6 is 0 Å². The molecule has 0 aliphatic carbocycles. The summed E-state index contributed by atoms with van der Waals surface area (Å²) in [5, 5.41) is 56.1. The molecular formula is C45H65LaN2O11Zn. The summed E-state index contributed by atoms with van der Waals surface area (Å²) in [6.07, 6.45) is 4.08. The summed E-state index contributed by atoms with van der Waals surface area (Å²) in [7, 11) is 3.97. The minimum absolute atomic E-state index is 0. The fraction of sp³-hybridized carbons (Fsp3) is 0.533. The molecule has 0 amide bonds. The van der Waals surface area contributed by atoms with Crippen molar-refractivity contribution in [3.05, 3.63) is 71.2 Å². The predicted octanol–water partition coefficient (Wildman–Crippen LogP) is 5.17. The van der Waals surface area contributed by atoms with Crippen molar-refractivity contribution in [1.82, 2.24) is 0 Å². The van der Waals surface area contributed by atoms with Crippen LogP contribution in [0.5, 0.6) is 23.0 Å². The van der Waals surface area contributed by atoms with E-state index in [-0.39, 0.29) is 95.1 Å². The van der Waals surface area contributed by atoms with Crippen LogP contribution in [-0.2, 0) is 33.8 Å². The monoisotopic (exact) mass is 1010 g/mol. The van der Waals surface area contributed by atoms with Crippen molar-refractivity contribution in [3.8, 4) is 23.0 Å². The van der Waals surface area contributed by atoms with Gasteiger partial charge >= 0.3 is 55.1 Å². The zero-order valence-electron chi connectivity index (χ0n) is 38.9. The number of ether oxygens (including phenoxy) is 3. The third-order valence-electron chi connectivity index (χ3n) is 7.61. The van der Waals surface area contributed by atoms with Crippen LogP contribution in [0.3, 0.4) is 0 Å². The number of methoxy groups -OCH3 is 3. The number of nitrogens with zero attached hydrogens (tertiary/aromatic N) is 2. The summed E-state index contributed by atoms with van der Waals surface area (Å²) in [6.45, 7) is 26.7. The molecule has 13 nitrogen and oxygen atoms in total. The zero-order valence-corrected chi connectivity index (χ0v) is 45.5. The molecule has 2 aromatic carbocycles. The first-order chi connectivity index (χ1) is 26.2. The number of aliphatic imine (C=N–C) groups is 2. The molecule has 0 aliphatic rings. The van der Waals surface area contributed by atoms with Crippen LogP contribution in [0.15, 0.2) is 70.1 Å². The van der Waals surface area contributed by atoms with Gasteiger partial charge in [-0.05, 0) is 46.2 Å². The molecular weight excluding hydrogens is 949 g/mol. The third kappa shape index (κ3) is 26.6. The number of ketones is 2. The Bertz CT molecular complexity index is 1640. The van der Waals surface area contributed by atoms with E-state index in [2.05, 4.69) is 14.7 Å². The number of hydrogen-bond acceptors (Lipinski definition) is 13. The molecule has 0 aliphatic heterocycles. The van der Waals surface area contributed by atoms with Crippen molar-refractivity contribution in [2.75, 3.05) is 34.4 Å². The average molecular weight is 1010 g/mol. The van der Waals surface area contributed by atoms with Crippen LogP contribution in [0.25, 0.3) is 0 Å². The largest absolute Gasteiger partial charge is 3.00 e. The molecule has 326 valence electrons. The summed E-state index contributed by atoms with van der Waals surface area (Å²) in [5.74, 6) is -0.176. The molecule has 60 heavy (non-hydrogen) atoms. The molecule has 15 heteroatoms. The van der Waals surface area contributed by atoms with Gasteiger partial charge in [-0.1, -0.05) is 133 Å². The summed E-state index contributed by atoms with van der Waals surface area (Å²) in [6, 6.07) is 10.2. The summed E-state index contributed by atoms with van der Waals surface area (Å²) in [5.41, 5.74) is -1.08. The van der Waals surface area contributed by atoms with Gasteiger partial charge in [-0.15, -0.1) is 11.5 Å².